The molecule has 0 spiro atoms. The predicted octanol–water partition coefficient (Wildman–Crippen LogP) is 3.19. The molecular weight excluding hydrogens is 396 g/mol. The highest BCUT2D eigenvalue weighted by Gasteiger charge is 2.11. The monoisotopic (exact) mass is 423 g/mol. The summed E-state index contributed by atoms with van der Waals surface area (Å²) in [6, 6.07) is 12.3. The van der Waals surface area contributed by atoms with E-state index >= 15 is 0 Å². The molecule has 0 aliphatic rings. The molecule has 0 unspecified atom stereocenters. The molecule has 2 aromatic carbocycles. The second-order valence-corrected chi connectivity index (χ2v) is 6.12. The second-order valence-electron chi connectivity index (χ2n) is 6.12. The summed E-state index contributed by atoms with van der Waals surface area (Å²) in [5, 5.41) is 6.26. The summed E-state index contributed by atoms with van der Waals surface area (Å²) in [4.78, 5) is 4.15. The van der Waals surface area contributed by atoms with Crippen molar-refractivity contribution in [3.63, 3.8) is 0 Å². The number of alkyl halides is 2. The maximum Gasteiger partial charge on any atom is 0.387 e. The number of guanidine groups is 1. The molecule has 2 rings (SSSR count). The number of hydrogen-bond acceptors (Lipinski definition) is 5. The van der Waals surface area contributed by atoms with Crippen molar-refractivity contribution < 1.29 is 27.7 Å². The molecule has 0 amide bonds. The smallest absolute Gasteiger partial charge is 0.387 e. The number of rotatable bonds is 11. The lowest BCUT2D eigenvalue weighted by Crippen LogP contribution is -2.36. The van der Waals surface area contributed by atoms with E-state index in [-0.39, 0.29) is 12.3 Å². The van der Waals surface area contributed by atoms with Crippen molar-refractivity contribution in [2.45, 2.75) is 19.7 Å². The van der Waals surface area contributed by atoms with Gasteiger partial charge in [-0.2, -0.15) is 8.78 Å². The van der Waals surface area contributed by atoms with Gasteiger partial charge in [-0.25, -0.2) is 0 Å². The predicted molar refractivity (Wildman–Crippen MR) is 110 cm³/mol. The fraction of sp³-hybridized carbons (Fsp3) is 0.381. The van der Waals surface area contributed by atoms with Crippen LogP contribution < -0.4 is 24.8 Å². The van der Waals surface area contributed by atoms with Gasteiger partial charge in [-0.1, -0.05) is 12.1 Å². The van der Waals surface area contributed by atoms with Gasteiger partial charge in [0.05, 0.1) is 13.7 Å². The summed E-state index contributed by atoms with van der Waals surface area (Å²) in [7, 11) is 4.76. The summed E-state index contributed by atoms with van der Waals surface area (Å²) in [6.07, 6.45) is 0. The Balaban J connectivity index is 1.90. The first kappa shape index (κ1) is 23.2. The molecule has 0 atom stereocenters. The number of aliphatic imine (C=N–C) groups is 1. The number of halogens is 2. The highest BCUT2D eigenvalue weighted by atomic mass is 19.3. The van der Waals surface area contributed by atoms with Crippen molar-refractivity contribution in [1.29, 1.82) is 0 Å². The number of hydrogen-bond donors (Lipinski definition) is 2. The van der Waals surface area contributed by atoms with E-state index in [1.54, 1.807) is 26.3 Å². The molecular formula is C21H27F2N3O4. The summed E-state index contributed by atoms with van der Waals surface area (Å²) >= 11 is 0. The lowest BCUT2D eigenvalue weighted by Gasteiger charge is -2.15. The van der Waals surface area contributed by atoms with Gasteiger partial charge in [-0.3, -0.25) is 4.99 Å². The SMILES string of the molecule is CN=C(NCc1ccc(OCCOC)cc1)NCc1cc(OC)ccc1OC(F)F. The fourth-order valence-corrected chi connectivity index (χ4v) is 2.56. The minimum atomic E-state index is -2.91. The van der Waals surface area contributed by atoms with Crippen LogP contribution in [0.4, 0.5) is 8.78 Å². The molecule has 2 aromatic rings. The van der Waals surface area contributed by atoms with Crippen molar-refractivity contribution in [3.05, 3.63) is 53.6 Å². The molecule has 2 N–H and O–H groups in total. The molecule has 9 heteroatoms. The Morgan fingerprint density at radius 1 is 0.967 bits per heavy atom. The second kappa shape index (κ2) is 12.5. The van der Waals surface area contributed by atoms with Crippen LogP contribution in [0.5, 0.6) is 17.2 Å². The summed E-state index contributed by atoms with van der Waals surface area (Å²) in [5.41, 5.74) is 1.55. The maximum atomic E-state index is 12.6. The lowest BCUT2D eigenvalue weighted by molar-refractivity contribution is -0.0505. The van der Waals surface area contributed by atoms with Gasteiger partial charge in [-0.05, 0) is 35.9 Å². The van der Waals surface area contributed by atoms with Crippen molar-refractivity contribution in [3.8, 4) is 17.2 Å². The van der Waals surface area contributed by atoms with Crippen molar-refractivity contribution in [2.75, 3.05) is 34.5 Å². The molecule has 0 aliphatic heterocycles. The van der Waals surface area contributed by atoms with Crippen LogP contribution >= 0.6 is 0 Å². The van der Waals surface area contributed by atoms with Gasteiger partial charge in [0.1, 0.15) is 23.9 Å². The van der Waals surface area contributed by atoms with Gasteiger partial charge < -0.3 is 29.6 Å². The van der Waals surface area contributed by atoms with E-state index in [9.17, 15) is 8.78 Å². The average Bonchev–Trinajstić information content (AvgIpc) is 2.75. The molecule has 0 aromatic heterocycles. The van der Waals surface area contributed by atoms with Gasteiger partial charge in [0.15, 0.2) is 5.96 Å². The normalized spacial score (nSPS) is 11.3. The van der Waals surface area contributed by atoms with Gasteiger partial charge in [0.25, 0.3) is 0 Å². The Hall–Kier alpha value is -3.07. The Morgan fingerprint density at radius 2 is 1.67 bits per heavy atom. The number of benzene rings is 2. The number of methoxy groups -OCH3 is 2. The van der Waals surface area contributed by atoms with Gasteiger partial charge in [0.2, 0.25) is 0 Å². The molecule has 7 nitrogen and oxygen atoms in total. The number of nitrogens with one attached hydrogen (secondary N) is 2. The third-order valence-corrected chi connectivity index (χ3v) is 4.09. The van der Waals surface area contributed by atoms with Crippen LogP contribution in [0, 0.1) is 0 Å². The minimum Gasteiger partial charge on any atom is -0.497 e. The molecule has 0 aliphatic carbocycles. The van der Waals surface area contributed by atoms with E-state index < -0.39 is 6.61 Å². The molecule has 0 radical (unpaired) electrons. The Kier molecular flexibility index (Phi) is 9.66. The molecule has 0 heterocycles. The van der Waals surface area contributed by atoms with Crippen LogP contribution in [0.3, 0.4) is 0 Å². The van der Waals surface area contributed by atoms with Crippen LogP contribution in [0.25, 0.3) is 0 Å². The van der Waals surface area contributed by atoms with Crippen LogP contribution in [0.2, 0.25) is 0 Å². The molecule has 30 heavy (non-hydrogen) atoms. The van der Waals surface area contributed by atoms with E-state index in [1.807, 2.05) is 24.3 Å². The highest BCUT2D eigenvalue weighted by Crippen LogP contribution is 2.25. The number of ether oxygens (including phenoxy) is 4. The van der Waals surface area contributed by atoms with E-state index in [4.69, 9.17) is 14.2 Å². The van der Waals surface area contributed by atoms with Crippen molar-refractivity contribution in [1.82, 2.24) is 10.6 Å². The van der Waals surface area contributed by atoms with E-state index in [2.05, 4.69) is 20.4 Å². The first-order valence-corrected chi connectivity index (χ1v) is 9.32. The van der Waals surface area contributed by atoms with E-state index in [1.165, 1.54) is 13.2 Å². The van der Waals surface area contributed by atoms with Crippen molar-refractivity contribution >= 4 is 5.96 Å². The zero-order chi connectivity index (χ0) is 21.8. The van der Waals surface area contributed by atoms with Crippen LogP contribution in [-0.2, 0) is 17.8 Å². The standard InChI is InChI=1S/C21H27F2N3O4/c1-24-21(25-13-15-4-6-17(7-5-15)29-11-10-27-2)26-14-16-12-18(28-3)8-9-19(16)30-20(22)23/h4-9,12,20H,10-11,13-14H2,1-3H3,(H2,24,25,26). The molecule has 0 saturated carbocycles. The molecule has 0 fully saturated rings. The van der Waals surface area contributed by atoms with Crippen molar-refractivity contribution in [2.24, 2.45) is 4.99 Å². The Bertz CT molecular complexity index is 801. The Morgan fingerprint density at radius 3 is 2.30 bits per heavy atom. The zero-order valence-corrected chi connectivity index (χ0v) is 17.3. The number of nitrogens with zero attached hydrogens (tertiary/aromatic N) is 1. The third kappa shape index (κ3) is 7.75. The van der Waals surface area contributed by atoms with Gasteiger partial charge >= 0.3 is 6.61 Å². The fourth-order valence-electron chi connectivity index (χ4n) is 2.56. The van der Waals surface area contributed by atoms with Gasteiger partial charge in [-0.15, -0.1) is 0 Å². The van der Waals surface area contributed by atoms with Gasteiger partial charge in [0, 0.05) is 32.8 Å². The summed E-state index contributed by atoms with van der Waals surface area (Å²) in [5.74, 6) is 1.91. The van der Waals surface area contributed by atoms with E-state index in [0.717, 1.165) is 11.3 Å². The van der Waals surface area contributed by atoms with E-state index in [0.29, 0.717) is 37.0 Å². The summed E-state index contributed by atoms with van der Waals surface area (Å²) < 4.78 is 45.5. The molecule has 0 bridgehead atoms. The lowest BCUT2D eigenvalue weighted by atomic mass is 10.2. The largest absolute Gasteiger partial charge is 0.497 e. The highest BCUT2D eigenvalue weighted by molar-refractivity contribution is 5.79. The Labute approximate surface area is 175 Å². The third-order valence-electron chi connectivity index (χ3n) is 4.09. The van der Waals surface area contributed by atoms with Crippen LogP contribution in [0.15, 0.2) is 47.5 Å². The quantitative estimate of drug-likeness (QED) is 0.329. The topological polar surface area (TPSA) is 73.3 Å². The average molecular weight is 423 g/mol. The van der Waals surface area contributed by atoms with Crippen LogP contribution in [0.1, 0.15) is 11.1 Å². The molecule has 164 valence electrons. The summed E-state index contributed by atoms with van der Waals surface area (Å²) in [6.45, 7) is -1.13. The molecule has 0 saturated heterocycles. The minimum absolute atomic E-state index is 0.0813. The van der Waals surface area contributed by atoms with Crippen LogP contribution in [-0.4, -0.2) is 47.1 Å². The first-order valence-electron chi connectivity index (χ1n) is 9.32. The zero-order valence-electron chi connectivity index (χ0n) is 17.3. The maximum absolute atomic E-state index is 12.6. The first-order chi connectivity index (χ1) is 14.5.